The molecular formula is C12H14N4OS. The Morgan fingerprint density at radius 2 is 2.33 bits per heavy atom. The second-order valence-electron chi connectivity index (χ2n) is 3.95. The average molecular weight is 262 g/mol. The number of nitrogens with zero attached hydrogens (tertiary/aromatic N) is 3. The SMILES string of the molecule is CCC(C)C(=O)Nc1nnc(-c2cccnc2)s1. The van der Waals surface area contributed by atoms with E-state index in [9.17, 15) is 4.79 Å². The fraction of sp³-hybridized carbons (Fsp3) is 0.333. The maximum absolute atomic E-state index is 11.7. The molecule has 1 unspecified atom stereocenters. The third-order valence-electron chi connectivity index (χ3n) is 2.62. The molecule has 1 atom stereocenters. The Bertz CT molecular complexity index is 526. The molecule has 2 aromatic rings. The number of anilines is 1. The van der Waals surface area contributed by atoms with Crippen molar-refractivity contribution in [3.8, 4) is 10.6 Å². The summed E-state index contributed by atoms with van der Waals surface area (Å²) in [7, 11) is 0. The van der Waals surface area contributed by atoms with E-state index < -0.39 is 0 Å². The van der Waals surface area contributed by atoms with Crippen LogP contribution in [0, 0.1) is 5.92 Å². The van der Waals surface area contributed by atoms with E-state index in [4.69, 9.17) is 0 Å². The second-order valence-corrected chi connectivity index (χ2v) is 4.93. The first kappa shape index (κ1) is 12.6. The molecule has 0 spiro atoms. The summed E-state index contributed by atoms with van der Waals surface area (Å²) in [6.45, 7) is 3.86. The fourth-order valence-corrected chi connectivity index (χ4v) is 2.03. The Kier molecular flexibility index (Phi) is 3.99. The average Bonchev–Trinajstić information content (AvgIpc) is 2.87. The molecule has 0 fully saturated rings. The number of carbonyl (C=O) groups excluding carboxylic acids is 1. The molecule has 2 heterocycles. The van der Waals surface area contributed by atoms with E-state index in [0.29, 0.717) is 5.13 Å². The van der Waals surface area contributed by atoms with Gasteiger partial charge in [-0.2, -0.15) is 0 Å². The van der Waals surface area contributed by atoms with Crippen molar-refractivity contribution < 1.29 is 4.79 Å². The first-order valence-corrected chi connectivity index (χ1v) is 6.57. The van der Waals surface area contributed by atoms with Gasteiger partial charge in [0.05, 0.1) is 0 Å². The number of pyridine rings is 1. The van der Waals surface area contributed by atoms with Gasteiger partial charge in [0, 0.05) is 23.9 Å². The van der Waals surface area contributed by atoms with Crippen LogP contribution in [0.3, 0.4) is 0 Å². The maximum Gasteiger partial charge on any atom is 0.229 e. The van der Waals surface area contributed by atoms with Crippen molar-refractivity contribution in [2.75, 3.05) is 5.32 Å². The van der Waals surface area contributed by atoms with E-state index in [1.54, 1.807) is 12.4 Å². The number of carbonyl (C=O) groups is 1. The number of hydrogen-bond acceptors (Lipinski definition) is 5. The lowest BCUT2D eigenvalue weighted by Crippen LogP contribution is -2.19. The highest BCUT2D eigenvalue weighted by Crippen LogP contribution is 2.25. The molecule has 0 aromatic carbocycles. The van der Waals surface area contributed by atoms with Crippen LogP contribution < -0.4 is 5.32 Å². The van der Waals surface area contributed by atoms with E-state index in [0.717, 1.165) is 17.0 Å². The van der Waals surface area contributed by atoms with Crippen molar-refractivity contribution in [2.24, 2.45) is 5.92 Å². The molecule has 0 saturated heterocycles. The molecule has 1 amide bonds. The van der Waals surface area contributed by atoms with Crippen LogP contribution in [0.1, 0.15) is 20.3 Å². The number of hydrogen-bond donors (Lipinski definition) is 1. The van der Waals surface area contributed by atoms with E-state index in [-0.39, 0.29) is 11.8 Å². The van der Waals surface area contributed by atoms with Crippen molar-refractivity contribution in [1.82, 2.24) is 15.2 Å². The van der Waals surface area contributed by atoms with E-state index >= 15 is 0 Å². The highest BCUT2D eigenvalue weighted by atomic mass is 32.1. The summed E-state index contributed by atoms with van der Waals surface area (Å²) in [5, 5.41) is 12.0. The van der Waals surface area contributed by atoms with Gasteiger partial charge in [-0.1, -0.05) is 25.2 Å². The van der Waals surface area contributed by atoms with Gasteiger partial charge in [0.15, 0.2) is 5.01 Å². The topological polar surface area (TPSA) is 67.8 Å². The summed E-state index contributed by atoms with van der Waals surface area (Å²) in [5.74, 6) is -0.0397. The second kappa shape index (κ2) is 5.68. The van der Waals surface area contributed by atoms with Crippen molar-refractivity contribution in [1.29, 1.82) is 0 Å². The maximum atomic E-state index is 11.7. The quantitative estimate of drug-likeness (QED) is 0.919. The molecule has 6 heteroatoms. The van der Waals surface area contributed by atoms with Gasteiger partial charge in [0.1, 0.15) is 0 Å². The van der Waals surface area contributed by atoms with Crippen LogP contribution in [0.15, 0.2) is 24.5 Å². The predicted molar refractivity (Wildman–Crippen MR) is 71.2 cm³/mol. The number of amides is 1. The van der Waals surface area contributed by atoms with Gasteiger partial charge >= 0.3 is 0 Å². The van der Waals surface area contributed by atoms with Crippen LogP contribution >= 0.6 is 11.3 Å². The zero-order valence-electron chi connectivity index (χ0n) is 10.3. The van der Waals surface area contributed by atoms with Crippen molar-refractivity contribution in [2.45, 2.75) is 20.3 Å². The van der Waals surface area contributed by atoms with Crippen LogP contribution in [0.4, 0.5) is 5.13 Å². The molecule has 0 bridgehead atoms. The predicted octanol–water partition coefficient (Wildman–Crippen LogP) is 2.58. The first-order chi connectivity index (χ1) is 8.70. The Morgan fingerprint density at radius 1 is 1.50 bits per heavy atom. The van der Waals surface area contributed by atoms with Crippen molar-refractivity contribution >= 4 is 22.4 Å². The summed E-state index contributed by atoms with van der Waals surface area (Å²) in [6, 6.07) is 3.75. The Morgan fingerprint density at radius 3 is 3.00 bits per heavy atom. The zero-order valence-corrected chi connectivity index (χ0v) is 11.1. The summed E-state index contributed by atoms with van der Waals surface area (Å²) in [6.07, 6.45) is 4.23. The molecule has 0 aliphatic rings. The van der Waals surface area contributed by atoms with Gasteiger partial charge in [-0.05, 0) is 18.6 Å². The number of aromatic nitrogens is 3. The van der Waals surface area contributed by atoms with Crippen molar-refractivity contribution in [3.05, 3.63) is 24.5 Å². The zero-order chi connectivity index (χ0) is 13.0. The molecule has 0 aliphatic heterocycles. The van der Waals surface area contributed by atoms with Gasteiger partial charge in [-0.15, -0.1) is 10.2 Å². The van der Waals surface area contributed by atoms with E-state index in [1.165, 1.54) is 11.3 Å². The standard InChI is InChI=1S/C12H14N4OS/c1-3-8(2)10(17)14-12-16-15-11(18-12)9-5-4-6-13-7-9/h4-8H,3H2,1-2H3,(H,14,16,17). The van der Waals surface area contributed by atoms with Gasteiger partial charge in [0.25, 0.3) is 0 Å². The summed E-state index contributed by atoms with van der Waals surface area (Å²) in [4.78, 5) is 15.7. The van der Waals surface area contributed by atoms with Crippen LogP contribution in [0.2, 0.25) is 0 Å². The third-order valence-corrected chi connectivity index (χ3v) is 3.51. The lowest BCUT2D eigenvalue weighted by molar-refractivity contribution is -0.119. The molecule has 18 heavy (non-hydrogen) atoms. The number of nitrogens with one attached hydrogen (secondary N) is 1. The molecule has 0 saturated carbocycles. The monoisotopic (exact) mass is 262 g/mol. The highest BCUT2D eigenvalue weighted by molar-refractivity contribution is 7.18. The molecular weight excluding hydrogens is 248 g/mol. The summed E-state index contributed by atoms with van der Waals surface area (Å²) < 4.78 is 0. The van der Waals surface area contributed by atoms with Crippen molar-refractivity contribution in [3.63, 3.8) is 0 Å². The smallest absolute Gasteiger partial charge is 0.229 e. The largest absolute Gasteiger partial charge is 0.300 e. The molecule has 5 nitrogen and oxygen atoms in total. The van der Waals surface area contributed by atoms with Crippen LogP contribution in [-0.2, 0) is 4.79 Å². The first-order valence-electron chi connectivity index (χ1n) is 5.75. The van der Waals surface area contributed by atoms with E-state index in [1.807, 2.05) is 26.0 Å². The van der Waals surface area contributed by atoms with Gasteiger partial charge in [-0.3, -0.25) is 9.78 Å². The Balaban J connectivity index is 2.10. The highest BCUT2D eigenvalue weighted by Gasteiger charge is 2.13. The molecule has 2 aromatic heterocycles. The molecule has 0 radical (unpaired) electrons. The van der Waals surface area contributed by atoms with Gasteiger partial charge < -0.3 is 5.32 Å². The minimum absolute atomic E-state index is 0.0178. The molecule has 2 rings (SSSR count). The molecule has 1 N–H and O–H groups in total. The third kappa shape index (κ3) is 2.89. The van der Waals surface area contributed by atoms with Crippen LogP contribution in [0.25, 0.3) is 10.6 Å². The normalized spacial score (nSPS) is 12.1. The van der Waals surface area contributed by atoms with E-state index in [2.05, 4.69) is 20.5 Å². The summed E-state index contributed by atoms with van der Waals surface area (Å²) in [5.41, 5.74) is 0.902. The van der Waals surface area contributed by atoms with Gasteiger partial charge in [0.2, 0.25) is 11.0 Å². The summed E-state index contributed by atoms with van der Waals surface area (Å²) >= 11 is 1.35. The number of rotatable bonds is 4. The van der Waals surface area contributed by atoms with Gasteiger partial charge in [-0.25, -0.2) is 0 Å². The molecule has 0 aliphatic carbocycles. The lowest BCUT2D eigenvalue weighted by Gasteiger charge is -2.06. The Labute approximate surface area is 109 Å². The molecule has 94 valence electrons. The Hall–Kier alpha value is -1.82. The fourth-order valence-electron chi connectivity index (χ4n) is 1.29. The van der Waals surface area contributed by atoms with Crippen LogP contribution in [0.5, 0.6) is 0 Å². The minimum atomic E-state index is -0.0219. The minimum Gasteiger partial charge on any atom is -0.300 e. The lowest BCUT2D eigenvalue weighted by atomic mass is 10.1. The van der Waals surface area contributed by atoms with Crippen LogP contribution in [-0.4, -0.2) is 21.1 Å².